The number of rotatable bonds is 3. The van der Waals surface area contributed by atoms with Gasteiger partial charge in [-0.2, -0.15) is 14.7 Å². The molecule has 0 aromatic carbocycles. The van der Waals surface area contributed by atoms with Crippen LogP contribution in [0.25, 0.3) is 16.9 Å². The largest absolute Gasteiger partial charge is 0.355 e. The van der Waals surface area contributed by atoms with Crippen LogP contribution in [0.1, 0.15) is 30.3 Å². The molecule has 0 N–H and O–H groups in total. The van der Waals surface area contributed by atoms with Gasteiger partial charge in [0.1, 0.15) is 0 Å². The van der Waals surface area contributed by atoms with Crippen LogP contribution in [0, 0.1) is 6.92 Å². The lowest BCUT2D eigenvalue weighted by molar-refractivity contribution is 0.474. The van der Waals surface area contributed by atoms with Crippen LogP contribution in [0.3, 0.4) is 0 Å². The Morgan fingerprint density at radius 2 is 1.82 bits per heavy atom. The van der Waals surface area contributed by atoms with E-state index in [0.29, 0.717) is 5.92 Å². The summed E-state index contributed by atoms with van der Waals surface area (Å²) in [7, 11) is 0. The van der Waals surface area contributed by atoms with Gasteiger partial charge in [-0.05, 0) is 56.2 Å². The minimum Gasteiger partial charge on any atom is -0.355 e. The predicted octanol–water partition coefficient (Wildman–Crippen LogP) is 2.67. The van der Waals surface area contributed by atoms with Gasteiger partial charge in [0.25, 0.3) is 0 Å². The second kappa shape index (κ2) is 6.95. The van der Waals surface area contributed by atoms with Gasteiger partial charge in [0, 0.05) is 37.0 Å². The predicted molar refractivity (Wildman–Crippen MR) is 105 cm³/mol. The van der Waals surface area contributed by atoms with Gasteiger partial charge in [-0.25, -0.2) is 0 Å². The third kappa shape index (κ3) is 3.06. The fourth-order valence-electron chi connectivity index (χ4n) is 3.66. The van der Waals surface area contributed by atoms with Gasteiger partial charge in [0.2, 0.25) is 0 Å². The molecule has 1 aliphatic heterocycles. The summed E-state index contributed by atoms with van der Waals surface area (Å²) in [5.41, 5.74) is 3.56. The van der Waals surface area contributed by atoms with Crippen molar-refractivity contribution in [1.82, 2.24) is 35.0 Å². The maximum absolute atomic E-state index is 4.78. The summed E-state index contributed by atoms with van der Waals surface area (Å²) >= 11 is 0. The van der Waals surface area contributed by atoms with Crippen molar-refractivity contribution in [3.8, 4) is 11.3 Å². The molecule has 0 amide bonds. The molecule has 0 radical (unpaired) electrons. The molecule has 8 nitrogen and oxygen atoms in total. The SMILES string of the molecule is Cc1ccc(N2CCC(c3nnc4ccc(-c5cccnc5)nn34)CC2)nn1. The molecule has 0 unspecified atom stereocenters. The number of piperidine rings is 1. The first-order valence-electron chi connectivity index (χ1n) is 9.46. The van der Waals surface area contributed by atoms with Crippen LogP contribution in [0.5, 0.6) is 0 Å². The molecule has 4 aromatic rings. The van der Waals surface area contributed by atoms with Crippen molar-refractivity contribution in [1.29, 1.82) is 0 Å². The van der Waals surface area contributed by atoms with Gasteiger partial charge < -0.3 is 4.90 Å². The van der Waals surface area contributed by atoms with Gasteiger partial charge in [0.15, 0.2) is 17.3 Å². The summed E-state index contributed by atoms with van der Waals surface area (Å²) in [6.07, 6.45) is 5.54. The third-order valence-corrected chi connectivity index (χ3v) is 5.21. The van der Waals surface area contributed by atoms with E-state index in [1.54, 1.807) is 6.20 Å². The first kappa shape index (κ1) is 16.7. The molecule has 0 aliphatic carbocycles. The summed E-state index contributed by atoms with van der Waals surface area (Å²) in [5.74, 6) is 2.18. The molecule has 0 atom stereocenters. The van der Waals surface area contributed by atoms with Gasteiger partial charge in [0.05, 0.1) is 11.4 Å². The Kier molecular flexibility index (Phi) is 4.16. The number of pyridine rings is 1. The van der Waals surface area contributed by atoms with Crippen LogP contribution < -0.4 is 4.90 Å². The monoisotopic (exact) mass is 372 g/mol. The second-order valence-corrected chi connectivity index (χ2v) is 7.08. The smallest absolute Gasteiger partial charge is 0.177 e. The standard InChI is InChI=1S/C20H20N8/c1-14-4-6-18(23-22-14)27-11-8-15(9-12-27)20-25-24-19-7-5-17(26-28(19)20)16-3-2-10-21-13-16/h2-7,10,13,15H,8-9,11-12H2,1H3. The average Bonchev–Trinajstić information content (AvgIpc) is 3.18. The van der Waals surface area contributed by atoms with Gasteiger partial charge in [-0.1, -0.05) is 0 Å². The van der Waals surface area contributed by atoms with Crippen LogP contribution in [-0.2, 0) is 0 Å². The summed E-state index contributed by atoms with van der Waals surface area (Å²) in [5, 5.41) is 22.0. The molecule has 0 saturated carbocycles. The molecule has 0 spiro atoms. The molecule has 8 heteroatoms. The number of hydrogen-bond donors (Lipinski definition) is 0. The first-order valence-corrected chi connectivity index (χ1v) is 9.46. The van der Waals surface area contributed by atoms with Gasteiger partial charge >= 0.3 is 0 Å². The van der Waals surface area contributed by atoms with Gasteiger partial charge in [-0.3, -0.25) is 4.98 Å². The second-order valence-electron chi connectivity index (χ2n) is 7.08. The lowest BCUT2D eigenvalue weighted by Crippen LogP contribution is -2.34. The Morgan fingerprint density at radius 3 is 2.57 bits per heavy atom. The number of fused-ring (bicyclic) bond motifs is 1. The summed E-state index contributed by atoms with van der Waals surface area (Å²) in [6.45, 7) is 3.78. The molecule has 0 bridgehead atoms. The van der Waals surface area contributed by atoms with Crippen LogP contribution >= 0.6 is 0 Å². The van der Waals surface area contributed by atoms with E-state index in [9.17, 15) is 0 Å². The summed E-state index contributed by atoms with van der Waals surface area (Å²) in [6, 6.07) is 11.9. The van der Waals surface area contributed by atoms with Crippen molar-refractivity contribution in [2.45, 2.75) is 25.7 Å². The minimum atomic E-state index is 0.321. The van der Waals surface area contributed by atoms with Crippen molar-refractivity contribution >= 4 is 11.5 Å². The van der Waals surface area contributed by atoms with E-state index >= 15 is 0 Å². The zero-order chi connectivity index (χ0) is 18.9. The van der Waals surface area contributed by atoms with Crippen LogP contribution in [0.15, 0.2) is 48.8 Å². The highest BCUT2D eigenvalue weighted by Crippen LogP contribution is 2.29. The quantitative estimate of drug-likeness (QED) is 0.546. The fraction of sp³-hybridized carbons (Fsp3) is 0.300. The molecule has 1 aliphatic rings. The van der Waals surface area contributed by atoms with Gasteiger partial charge in [-0.15, -0.1) is 15.3 Å². The normalized spacial score (nSPS) is 15.2. The molecular weight excluding hydrogens is 352 g/mol. The molecule has 28 heavy (non-hydrogen) atoms. The average molecular weight is 372 g/mol. The maximum Gasteiger partial charge on any atom is 0.177 e. The molecule has 5 rings (SSSR count). The highest BCUT2D eigenvalue weighted by atomic mass is 15.4. The number of anilines is 1. The van der Waals surface area contributed by atoms with Crippen LogP contribution in [0.2, 0.25) is 0 Å². The van der Waals surface area contributed by atoms with Crippen molar-refractivity contribution in [2.75, 3.05) is 18.0 Å². The zero-order valence-electron chi connectivity index (χ0n) is 15.6. The van der Waals surface area contributed by atoms with Crippen LogP contribution in [-0.4, -0.2) is 48.1 Å². The third-order valence-electron chi connectivity index (χ3n) is 5.21. The van der Waals surface area contributed by atoms with Crippen molar-refractivity contribution in [3.05, 3.63) is 60.3 Å². The summed E-state index contributed by atoms with van der Waals surface area (Å²) in [4.78, 5) is 6.46. The van der Waals surface area contributed by atoms with Crippen LogP contribution in [0.4, 0.5) is 5.82 Å². The van der Waals surface area contributed by atoms with Crippen molar-refractivity contribution in [3.63, 3.8) is 0 Å². The van der Waals surface area contributed by atoms with E-state index in [4.69, 9.17) is 5.10 Å². The number of nitrogens with zero attached hydrogens (tertiary/aromatic N) is 8. The van der Waals surface area contributed by atoms with E-state index < -0.39 is 0 Å². The van der Waals surface area contributed by atoms with E-state index in [-0.39, 0.29) is 0 Å². The Bertz CT molecular complexity index is 1080. The fourth-order valence-corrected chi connectivity index (χ4v) is 3.66. The Morgan fingerprint density at radius 1 is 0.929 bits per heavy atom. The maximum atomic E-state index is 4.78. The Labute approximate surface area is 162 Å². The molecule has 140 valence electrons. The molecule has 1 saturated heterocycles. The molecule has 1 fully saturated rings. The molecule has 4 aromatic heterocycles. The Hall–Kier alpha value is -3.42. The zero-order valence-corrected chi connectivity index (χ0v) is 15.6. The van der Waals surface area contributed by atoms with E-state index in [1.165, 1.54) is 0 Å². The molecular formula is C20H20N8. The highest BCUT2D eigenvalue weighted by molar-refractivity contribution is 5.58. The van der Waals surface area contributed by atoms with E-state index in [2.05, 4.69) is 30.3 Å². The van der Waals surface area contributed by atoms with E-state index in [0.717, 1.165) is 60.2 Å². The summed E-state index contributed by atoms with van der Waals surface area (Å²) < 4.78 is 1.88. The molecule has 5 heterocycles. The number of hydrogen-bond acceptors (Lipinski definition) is 7. The first-order chi connectivity index (χ1) is 13.8. The highest BCUT2D eigenvalue weighted by Gasteiger charge is 2.26. The topological polar surface area (TPSA) is 85.0 Å². The van der Waals surface area contributed by atoms with Crippen molar-refractivity contribution < 1.29 is 0 Å². The van der Waals surface area contributed by atoms with Crippen molar-refractivity contribution in [2.24, 2.45) is 0 Å². The lowest BCUT2D eigenvalue weighted by Gasteiger charge is -2.31. The number of aromatic nitrogens is 7. The lowest BCUT2D eigenvalue weighted by atomic mass is 9.96. The minimum absolute atomic E-state index is 0.321. The Balaban J connectivity index is 1.39. The van der Waals surface area contributed by atoms with E-state index in [1.807, 2.05) is 54.0 Å². The number of aryl methyl sites for hydroxylation is 1.